The predicted molar refractivity (Wildman–Crippen MR) is 78.3 cm³/mol. The number of hydrogen-bond donors (Lipinski definition) is 1. The molecule has 0 aromatic heterocycles. The third-order valence-electron chi connectivity index (χ3n) is 4.32. The minimum Gasteiger partial charge on any atom is -0.480 e. The summed E-state index contributed by atoms with van der Waals surface area (Å²) in [4.78, 5) is 23.1. The molecule has 3 rings (SSSR count). The zero-order valence-corrected chi connectivity index (χ0v) is 12.8. The number of aryl methyl sites for hydroxylation is 1. The Morgan fingerprint density at radius 2 is 2.00 bits per heavy atom. The van der Waals surface area contributed by atoms with Crippen molar-refractivity contribution < 1.29 is 23.1 Å². The zero-order chi connectivity index (χ0) is 15.9. The lowest BCUT2D eigenvalue weighted by molar-refractivity contribution is -0.140. The van der Waals surface area contributed by atoms with Crippen molar-refractivity contribution in [2.24, 2.45) is 0 Å². The fourth-order valence-electron chi connectivity index (χ4n) is 3.19. The highest BCUT2D eigenvalue weighted by molar-refractivity contribution is 7.89. The molecule has 1 heterocycles. The van der Waals surface area contributed by atoms with E-state index in [0.717, 1.165) is 16.3 Å². The molecule has 22 heavy (non-hydrogen) atoms. The van der Waals surface area contributed by atoms with E-state index >= 15 is 0 Å². The van der Waals surface area contributed by atoms with E-state index < -0.39 is 22.0 Å². The highest BCUT2D eigenvalue weighted by Crippen LogP contribution is 2.29. The first-order valence-corrected chi connectivity index (χ1v) is 8.76. The molecule has 0 spiro atoms. The maximum atomic E-state index is 12.7. The normalized spacial score (nSPS) is 22.5. The largest absolute Gasteiger partial charge is 0.480 e. The monoisotopic (exact) mass is 323 g/mol. The van der Waals surface area contributed by atoms with Crippen LogP contribution in [0.5, 0.6) is 0 Å². The second-order valence-electron chi connectivity index (χ2n) is 5.71. The van der Waals surface area contributed by atoms with Crippen LogP contribution in [0, 0.1) is 0 Å². The summed E-state index contributed by atoms with van der Waals surface area (Å²) in [5.41, 5.74) is 1.32. The smallest absolute Gasteiger partial charge is 0.322 e. The summed E-state index contributed by atoms with van der Waals surface area (Å²) in [5, 5.41) is 9.17. The van der Waals surface area contributed by atoms with E-state index in [9.17, 15) is 18.0 Å². The molecule has 0 amide bonds. The summed E-state index contributed by atoms with van der Waals surface area (Å²) < 4.78 is 26.4. The second-order valence-corrected chi connectivity index (χ2v) is 7.60. The van der Waals surface area contributed by atoms with E-state index in [2.05, 4.69) is 0 Å². The average molecular weight is 323 g/mol. The Morgan fingerprint density at radius 1 is 1.23 bits per heavy atom. The molecule has 1 fully saturated rings. The topological polar surface area (TPSA) is 91.8 Å². The fourth-order valence-corrected chi connectivity index (χ4v) is 4.90. The minimum absolute atomic E-state index is 0.0368. The third-order valence-corrected chi connectivity index (χ3v) is 6.23. The second kappa shape index (κ2) is 5.48. The van der Waals surface area contributed by atoms with Crippen molar-refractivity contribution in [2.45, 2.75) is 43.0 Å². The molecule has 2 aliphatic rings. The number of carbonyl (C=O) groups is 2. The van der Waals surface area contributed by atoms with Gasteiger partial charge in [-0.05, 0) is 49.4 Å². The molecule has 1 aromatic carbocycles. The number of benzene rings is 1. The molecule has 7 heteroatoms. The Bertz CT molecular complexity index is 740. The first kappa shape index (κ1) is 15.2. The third kappa shape index (κ3) is 2.44. The van der Waals surface area contributed by atoms with Gasteiger partial charge in [-0.15, -0.1) is 0 Å². The van der Waals surface area contributed by atoms with Crippen LogP contribution in [0.15, 0.2) is 23.1 Å². The molecule has 118 valence electrons. The van der Waals surface area contributed by atoms with E-state index in [1.165, 1.54) is 12.1 Å². The maximum Gasteiger partial charge on any atom is 0.322 e. The average Bonchev–Trinajstić information content (AvgIpc) is 2.97. The number of rotatable bonds is 3. The van der Waals surface area contributed by atoms with Crippen molar-refractivity contribution in [1.29, 1.82) is 0 Å². The van der Waals surface area contributed by atoms with Crippen LogP contribution in [-0.2, 0) is 21.2 Å². The van der Waals surface area contributed by atoms with Gasteiger partial charge in [-0.1, -0.05) is 0 Å². The van der Waals surface area contributed by atoms with E-state index in [1.807, 2.05) is 0 Å². The van der Waals surface area contributed by atoms with Crippen molar-refractivity contribution in [3.63, 3.8) is 0 Å². The Hall–Kier alpha value is -1.73. The van der Waals surface area contributed by atoms with Crippen LogP contribution in [0.3, 0.4) is 0 Å². The molecule has 0 bridgehead atoms. The molecule has 1 aromatic rings. The van der Waals surface area contributed by atoms with Gasteiger partial charge in [0, 0.05) is 18.5 Å². The number of fused-ring (bicyclic) bond motifs is 1. The lowest BCUT2D eigenvalue weighted by atomic mass is 9.91. The quantitative estimate of drug-likeness (QED) is 0.909. The van der Waals surface area contributed by atoms with E-state index in [-0.39, 0.29) is 17.2 Å². The summed E-state index contributed by atoms with van der Waals surface area (Å²) in [6.07, 6.45) is 2.76. The number of Topliss-reactive ketones (excluding diaryl/α,β-unsaturated/α-hetero) is 1. The molecule has 0 saturated carbocycles. The number of carboxylic acid groups (broad SMARTS) is 1. The molecule has 0 radical (unpaired) electrons. The molecule has 1 aliphatic heterocycles. The van der Waals surface area contributed by atoms with Crippen LogP contribution < -0.4 is 0 Å². The van der Waals surface area contributed by atoms with Crippen molar-refractivity contribution >= 4 is 21.8 Å². The van der Waals surface area contributed by atoms with E-state index in [4.69, 9.17) is 5.11 Å². The number of aliphatic carboxylic acids is 1. The first-order valence-electron chi connectivity index (χ1n) is 7.32. The lowest BCUT2D eigenvalue weighted by Gasteiger charge is -2.22. The molecule has 1 atom stereocenters. The fraction of sp³-hybridized carbons (Fsp3) is 0.467. The Labute approximate surface area is 128 Å². The van der Waals surface area contributed by atoms with Gasteiger partial charge in [0.1, 0.15) is 6.04 Å². The number of carboxylic acids is 1. The maximum absolute atomic E-state index is 12.7. The molecule has 1 aliphatic carbocycles. The number of sulfonamides is 1. The van der Waals surface area contributed by atoms with Gasteiger partial charge in [-0.2, -0.15) is 4.31 Å². The minimum atomic E-state index is -3.84. The van der Waals surface area contributed by atoms with Crippen LogP contribution in [-0.4, -0.2) is 42.2 Å². The molecule has 1 saturated heterocycles. The molecule has 6 nitrogen and oxygen atoms in total. The number of ketones is 1. The summed E-state index contributed by atoms with van der Waals surface area (Å²) in [7, 11) is -3.84. The highest BCUT2D eigenvalue weighted by Gasteiger charge is 2.39. The van der Waals surface area contributed by atoms with Crippen molar-refractivity contribution in [1.82, 2.24) is 4.31 Å². The Balaban J connectivity index is 1.99. The molecule has 1 N–H and O–H groups in total. The van der Waals surface area contributed by atoms with Crippen LogP contribution >= 0.6 is 0 Å². The number of carbonyl (C=O) groups excluding carboxylic acids is 1. The Kier molecular flexibility index (Phi) is 3.78. The lowest BCUT2D eigenvalue weighted by Crippen LogP contribution is -2.40. The number of hydrogen-bond acceptors (Lipinski definition) is 4. The van der Waals surface area contributed by atoms with Crippen LogP contribution in [0.2, 0.25) is 0 Å². The van der Waals surface area contributed by atoms with Gasteiger partial charge < -0.3 is 5.11 Å². The van der Waals surface area contributed by atoms with Crippen LogP contribution in [0.4, 0.5) is 0 Å². The van der Waals surface area contributed by atoms with Gasteiger partial charge in [-0.25, -0.2) is 8.42 Å². The van der Waals surface area contributed by atoms with Gasteiger partial charge >= 0.3 is 5.97 Å². The predicted octanol–water partition coefficient (Wildman–Crippen LogP) is 1.44. The molecular formula is C15H17NO5S. The van der Waals surface area contributed by atoms with Gasteiger partial charge in [0.05, 0.1) is 4.90 Å². The zero-order valence-electron chi connectivity index (χ0n) is 12.0. The van der Waals surface area contributed by atoms with Crippen LogP contribution in [0.25, 0.3) is 0 Å². The van der Waals surface area contributed by atoms with Crippen LogP contribution in [0.1, 0.15) is 41.6 Å². The van der Waals surface area contributed by atoms with Gasteiger partial charge in [0.2, 0.25) is 10.0 Å². The Morgan fingerprint density at radius 3 is 2.73 bits per heavy atom. The first-order chi connectivity index (χ1) is 10.4. The standard InChI is InChI=1S/C15H17NO5S/c17-14-5-1-3-10-9-11(6-7-12(10)14)22(20,21)16-8-2-4-13(16)15(18)19/h6-7,9,13H,1-5,8H2,(H,18,19)/t13-/m1/s1. The highest BCUT2D eigenvalue weighted by atomic mass is 32.2. The van der Waals surface area contributed by atoms with Gasteiger partial charge in [0.15, 0.2) is 5.78 Å². The van der Waals surface area contributed by atoms with Crippen molar-refractivity contribution in [3.8, 4) is 0 Å². The van der Waals surface area contributed by atoms with Gasteiger partial charge in [0.25, 0.3) is 0 Å². The van der Waals surface area contributed by atoms with E-state index in [1.54, 1.807) is 6.07 Å². The number of nitrogens with zero attached hydrogens (tertiary/aromatic N) is 1. The summed E-state index contributed by atoms with van der Waals surface area (Å²) in [5.74, 6) is -1.08. The summed E-state index contributed by atoms with van der Waals surface area (Å²) >= 11 is 0. The van der Waals surface area contributed by atoms with Crippen molar-refractivity contribution in [2.75, 3.05) is 6.54 Å². The summed E-state index contributed by atoms with van der Waals surface area (Å²) in [6, 6.07) is 3.49. The molecular weight excluding hydrogens is 306 g/mol. The summed E-state index contributed by atoms with van der Waals surface area (Å²) in [6.45, 7) is 0.218. The van der Waals surface area contributed by atoms with Crippen molar-refractivity contribution in [3.05, 3.63) is 29.3 Å². The SMILES string of the molecule is O=C1CCCc2cc(S(=O)(=O)N3CCC[C@@H]3C(=O)O)ccc21. The molecule has 0 unspecified atom stereocenters. The van der Waals surface area contributed by atoms with Gasteiger partial charge in [-0.3, -0.25) is 9.59 Å². The van der Waals surface area contributed by atoms with E-state index in [0.29, 0.717) is 31.2 Å².